The maximum atomic E-state index is 12.4. The molecular formula is C13H25N3O. The molecule has 1 unspecified atom stereocenters. The van der Waals surface area contributed by atoms with E-state index in [1.807, 2.05) is 4.90 Å². The van der Waals surface area contributed by atoms with Crippen LogP contribution in [0.4, 0.5) is 4.79 Å². The van der Waals surface area contributed by atoms with E-state index in [9.17, 15) is 4.79 Å². The SMILES string of the molecule is CC1CN(C)CCN(C(=O)N2CCCCC2)C1. The molecule has 0 N–H and O–H groups in total. The highest BCUT2D eigenvalue weighted by Crippen LogP contribution is 2.14. The number of nitrogens with zero attached hydrogens (tertiary/aromatic N) is 3. The average Bonchev–Trinajstić information content (AvgIpc) is 2.50. The van der Waals surface area contributed by atoms with E-state index < -0.39 is 0 Å². The normalized spacial score (nSPS) is 28.0. The van der Waals surface area contributed by atoms with E-state index in [-0.39, 0.29) is 6.03 Å². The zero-order valence-corrected chi connectivity index (χ0v) is 11.2. The summed E-state index contributed by atoms with van der Waals surface area (Å²) < 4.78 is 0. The predicted molar refractivity (Wildman–Crippen MR) is 69.1 cm³/mol. The fraction of sp³-hybridized carbons (Fsp3) is 0.923. The second-order valence-electron chi connectivity index (χ2n) is 5.64. The molecule has 4 heteroatoms. The van der Waals surface area contributed by atoms with Crippen LogP contribution in [0, 0.1) is 5.92 Å². The fourth-order valence-electron chi connectivity index (χ4n) is 2.90. The first-order valence-corrected chi connectivity index (χ1v) is 6.89. The van der Waals surface area contributed by atoms with E-state index in [0.717, 1.165) is 39.3 Å². The van der Waals surface area contributed by atoms with Gasteiger partial charge in [-0.1, -0.05) is 6.92 Å². The summed E-state index contributed by atoms with van der Waals surface area (Å²) in [5, 5.41) is 0. The van der Waals surface area contributed by atoms with E-state index in [4.69, 9.17) is 0 Å². The number of carbonyl (C=O) groups excluding carboxylic acids is 1. The molecule has 1 atom stereocenters. The molecule has 0 spiro atoms. The highest BCUT2D eigenvalue weighted by Gasteiger charge is 2.26. The summed E-state index contributed by atoms with van der Waals surface area (Å²) in [7, 11) is 2.14. The van der Waals surface area contributed by atoms with Crippen LogP contribution in [-0.2, 0) is 0 Å². The standard InChI is InChI=1S/C13H25N3O/c1-12-10-14(2)8-9-16(11-12)13(17)15-6-4-3-5-7-15/h12H,3-11H2,1-2H3. The van der Waals surface area contributed by atoms with Crippen molar-refractivity contribution in [3.05, 3.63) is 0 Å². The molecule has 2 aliphatic rings. The van der Waals surface area contributed by atoms with Gasteiger partial charge < -0.3 is 14.7 Å². The Kier molecular flexibility index (Phi) is 4.26. The maximum Gasteiger partial charge on any atom is 0.320 e. The van der Waals surface area contributed by atoms with Crippen LogP contribution in [0.25, 0.3) is 0 Å². The minimum Gasteiger partial charge on any atom is -0.325 e. The number of urea groups is 1. The van der Waals surface area contributed by atoms with Gasteiger partial charge in [-0.25, -0.2) is 4.79 Å². The Labute approximate surface area is 105 Å². The first-order chi connectivity index (χ1) is 8.16. The topological polar surface area (TPSA) is 26.8 Å². The van der Waals surface area contributed by atoms with E-state index in [1.54, 1.807) is 0 Å². The third kappa shape index (κ3) is 3.35. The van der Waals surface area contributed by atoms with Crippen LogP contribution in [-0.4, -0.2) is 67.0 Å². The van der Waals surface area contributed by atoms with Gasteiger partial charge in [0.15, 0.2) is 0 Å². The summed E-state index contributed by atoms with van der Waals surface area (Å²) in [5.74, 6) is 0.580. The molecule has 2 heterocycles. The Morgan fingerprint density at radius 2 is 1.65 bits per heavy atom. The molecule has 0 aromatic rings. The van der Waals surface area contributed by atoms with Gasteiger partial charge >= 0.3 is 6.03 Å². The van der Waals surface area contributed by atoms with Crippen molar-refractivity contribution in [1.82, 2.24) is 14.7 Å². The fourth-order valence-corrected chi connectivity index (χ4v) is 2.90. The number of amides is 2. The quantitative estimate of drug-likeness (QED) is 0.640. The van der Waals surface area contributed by atoms with Gasteiger partial charge in [0.25, 0.3) is 0 Å². The van der Waals surface area contributed by atoms with Crippen molar-refractivity contribution in [2.45, 2.75) is 26.2 Å². The summed E-state index contributed by atoms with van der Waals surface area (Å²) in [6.07, 6.45) is 3.63. The summed E-state index contributed by atoms with van der Waals surface area (Å²) in [6, 6.07) is 0.270. The van der Waals surface area contributed by atoms with Crippen molar-refractivity contribution in [2.24, 2.45) is 5.92 Å². The zero-order chi connectivity index (χ0) is 12.3. The highest BCUT2D eigenvalue weighted by atomic mass is 16.2. The molecule has 0 saturated carbocycles. The van der Waals surface area contributed by atoms with Crippen molar-refractivity contribution >= 4 is 6.03 Å². The Bertz CT molecular complexity index is 263. The molecule has 0 aromatic carbocycles. The number of likely N-dealkylation sites (N-methyl/N-ethyl adjacent to an activating group) is 1. The molecule has 0 aliphatic carbocycles. The van der Waals surface area contributed by atoms with Crippen LogP contribution in [0.5, 0.6) is 0 Å². The molecule has 4 nitrogen and oxygen atoms in total. The molecule has 2 rings (SSSR count). The Morgan fingerprint density at radius 1 is 0.941 bits per heavy atom. The summed E-state index contributed by atoms with van der Waals surface area (Å²) in [5.41, 5.74) is 0. The number of hydrogen-bond donors (Lipinski definition) is 0. The van der Waals surface area contributed by atoms with E-state index in [0.29, 0.717) is 5.92 Å². The molecule has 98 valence electrons. The largest absolute Gasteiger partial charge is 0.325 e. The Morgan fingerprint density at radius 3 is 2.35 bits per heavy atom. The van der Waals surface area contributed by atoms with Crippen molar-refractivity contribution in [2.75, 3.05) is 46.3 Å². The Hall–Kier alpha value is -0.770. The number of piperidine rings is 1. The van der Waals surface area contributed by atoms with E-state index >= 15 is 0 Å². The number of rotatable bonds is 0. The molecule has 0 bridgehead atoms. The number of carbonyl (C=O) groups is 1. The van der Waals surface area contributed by atoms with Crippen LogP contribution in [0.15, 0.2) is 0 Å². The van der Waals surface area contributed by atoms with Gasteiger partial charge in [0, 0.05) is 39.3 Å². The van der Waals surface area contributed by atoms with E-state index in [1.165, 1.54) is 19.3 Å². The van der Waals surface area contributed by atoms with Gasteiger partial charge in [0.05, 0.1) is 0 Å². The first kappa shape index (κ1) is 12.7. The van der Waals surface area contributed by atoms with Gasteiger partial charge in [0.2, 0.25) is 0 Å². The average molecular weight is 239 g/mol. The van der Waals surface area contributed by atoms with Gasteiger partial charge in [-0.05, 0) is 32.2 Å². The smallest absolute Gasteiger partial charge is 0.320 e. The summed E-state index contributed by atoms with van der Waals surface area (Å²) in [4.78, 5) is 18.8. The predicted octanol–water partition coefficient (Wildman–Crippen LogP) is 1.48. The van der Waals surface area contributed by atoms with Gasteiger partial charge in [0.1, 0.15) is 0 Å². The van der Waals surface area contributed by atoms with Crippen molar-refractivity contribution in [3.63, 3.8) is 0 Å². The number of likely N-dealkylation sites (tertiary alicyclic amines) is 1. The van der Waals surface area contributed by atoms with Crippen LogP contribution >= 0.6 is 0 Å². The van der Waals surface area contributed by atoms with Crippen LogP contribution in [0.2, 0.25) is 0 Å². The van der Waals surface area contributed by atoms with Crippen LogP contribution in [0.1, 0.15) is 26.2 Å². The van der Waals surface area contributed by atoms with Gasteiger partial charge in [-0.2, -0.15) is 0 Å². The molecule has 2 fully saturated rings. The van der Waals surface area contributed by atoms with Gasteiger partial charge in [-0.15, -0.1) is 0 Å². The molecule has 2 saturated heterocycles. The summed E-state index contributed by atoms with van der Waals surface area (Å²) in [6.45, 7) is 8.06. The minimum absolute atomic E-state index is 0.270. The zero-order valence-electron chi connectivity index (χ0n) is 11.2. The lowest BCUT2D eigenvalue weighted by Gasteiger charge is -2.33. The third-order valence-electron chi connectivity index (χ3n) is 3.80. The molecule has 2 amide bonds. The first-order valence-electron chi connectivity index (χ1n) is 6.89. The van der Waals surface area contributed by atoms with E-state index in [2.05, 4.69) is 23.8 Å². The lowest BCUT2D eigenvalue weighted by molar-refractivity contribution is 0.142. The summed E-state index contributed by atoms with van der Waals surface area (Å²) >= 11 is 0. The van der Waals surface area contributed by atoms with Crippen molar-refractivity contribution in [3.8, 4) is 0 Å². The highest BCUT2D eigenvalue weighted by molar-refractivity contribution is 5.74. The monoisotopic (exact) mass is 239 g/mol. The molecule has 17 heavy (non-hydrogen) atoms. The van der Waals surface area contributed by atoms with Crippen LogP contribution < -0.4 is 0 Å². The molecule has 0 aromatic heterocycles. The molecule has 2 aliphatic heterocycles. The minimum atomic E-state index is 0.270. The van der Waals surface area contributed by atoms with Crippen LogP contribution in [0.3, 0.4) is 0 Å². The molecular weight excluding hydrogens is 214 g/mol. The lowest BCUT2D eigenvalue weighted by Crippen LogP contribution is -2.47. The van der Waals surface area contributed by atoms with Gasteiger partial charge in [-0.3, -0.25) is 0 Å². The molecule has 0 radical (unpaired) electrons. The second-order valence-corrected chi connectivity index (χ2v) is 5.64. The second kappa shape index (κ2) is 5.71. The Balaban J connectivity index is 1.93. The number of hydrogen-bond acceptors (Lipinski definition) is 2. The van der Waals surface area contributed by atoms with Crippen molar-refractivity contribution in [1.29, 1.82) is 0 Å². The maximum absolute atomic E-state index is 12.4. The third-order valence-corrected chi connectivity index (χ3v) is 3.80. The lowest BCUT2D eigenvalue weighted by atomic mass is 10.1. The van der Waals surface area contributed by atoms with Crippen molar-refractivity contribution < 1.29 is 4.79 Å².